The van der Waals surface area contributed by atoms with Crippen molar-refractivity contribution < 1.29 is 19.1 Å². The highest BCUT2D eigenvalue weighted by molar-refractivity contribution is 6.30. The number of methoxy groups -OCH3 is 1. The number of imide groups is 2. The molecule has 0 spiro atoms. The third kappa shape index (κ3) is 4.60. The summed E-state index contributed by atoms with van der Waals surface area (Å²) in [6.45, 7) is 2.00. The van der Waals surface area contributed by atoms with Crippen molar-refractivity contribution in [2.75, 3.05) is 31.6 Å². The molecule has 3 aromatic carbocycles. The van der Waals surface area contributed by atoms with Gasteiger partial charge in [-0.2, -0.15) is 0 Å². The van der Waals surface area contributed by atoms with Crippen LogP contribution in [-0.4, -0.2) is 54.1 Å². The van der Waals surface area contributed by atoms with Gasteiger partial charge in [-0.15, -0.1) is 0 Å². The van der Waals surface area contributed by atoms with E-state index in [0.29, 0.717) is 31.1 Å². The molecule has 218 valence electrons. The monoisotopic (exact) mass is 576 g/mol. The van der Waals surface area contributed by atoms with E-state index in [1.54, 1.807) is 43.5 Å². The van der Waals surface area contributed by atoms with E-state index in [1.807, 2.05) is 53.1 Å². The molecule has 4 aromatic rings. The molecule has 4 heterocycles. The van der Waals surface area contributed by atoms with Crippen LogP contribution in [0.4, 0.5) is 10.5 Å². The highest BCUT2D eigenvalue weighted by Crippen LogP contribution is 2.40. The number of carbonyl (C=O) groups excluding carboxylic acids is 3. The van der Waals surface area contributed by atoms with Crippen LogP contribution in [0.25, 0.3) is 10.8 Å². The molecule has 0 radical (unpaired) electrons. The number of nitrogens with zero attached hydrogens (tertiary/aromatic N) is 3. The third-order valence-electron chi connectivity index (χ3n) is 9.22. The number of urea groups is 1. The molecule has 1 N–H and O–H groups in total. The van der Waals surface area contributed by atoms with E-state index in [4.69, 9.17) is 4.74 Å². The van der Waals surface area contributed by atoms with Gasteiger partial charge in [0.15, 0.2) is 0 Å². The predicted molar refractivity (Wildman–Crippen MR) is 162 cm³/mol. The Morgan fingerprint density at radius 1 is 0.860 bits per heavy atom. The van der Waals surface area contributed by atoms with Crippen molar-refractivity contribution in [2.24, 2.45) is 11.3 Å². The van der Waals surface area contributed by atoms with E-state index in [1.165, 1.54) is 0 Å². The van der Waals surface area contributed by atoms with Crippen LogP contribution in [0.1, 0.15) is 23.6 Å². The van der Waals surface area contributed by atoms with Gasteiger partial charge in [0.1, 0.15) is 11.2 Å². The zero-order valence-electron chi connectivity index (χ0n) is 23.9. The van der Waals surface area contributed by atoms with Crippen molar-refractivity contribution in [3.8, 4) is 5.75 Å². The van der Waals surface area contributed by atoms with Crippen molar-refractivity contribution in [1.82, 2.24) is 14.8 Å². The molecule has 3 aliphatic heterocycles. The standard InChI is InChI=1S/C34H32N4O5/c1-43-27-14-12-26(13-15-27)38-32(41)34(31(40)35-33(38)42,17-24-8-4-7-23-6-2-3-9-28(23)24)21-36-18-22-16-25(20-36)29-10-5-11-30(39)37(29)19-22/h2-15,22,25H,16-21H2,1H3,(H,35,40,42). The first kappa shape index (κ1) is 27.1. The smallest absolute Gasteiger partial charge is 0.335 e. The molecule has 4 amide bonds. The number of barbiturate groups is 1. The molecule has 0 aliphatic carbocycles. The van der Waals surface area contributed by atoms with E-state index < -0.39 is 23.3 Å². The van der Waals surface area contributed by atoms with Crippen LogP contribution < -0.4 is 20.5 Å². The van der Waals surface area contributed by atoms with E-state index in [9.17, 15) is 19.2 Å². The third-order valence-corrected chi connectivity index (χ3v) is 9.22. The molecule has 1 aromatic heterocycles. The number of benzene rings is 3. The first-order chi connectivity index (χ1) is 20.9. The first-order valence-corrected chi connectivity index (χ1v) is 14.6. The van der Waals surface area contributed by atoms with Gasteiger partial charge >= 0.3 is 6.03 Å². The number of fused-ring (bicyclic) bond motifs is 5. The maximum atomic E-state index is 14.7. The molecule has 7 rings (SSSR count). The molecule has 2 fully saturated rings. The number of amides is 4. The molecule has 43 heavy (non-hydrogen) atoms. The number of carbonyl (C=O) groups is 3. The number of aromatic nitrogens is 1. The minimum Gasteiger partial charge on any atom is -0.497 e. The van der Waals surface area contributed by atoms with Gasteiger partial charge in [-0.05, 0) is 65.4 Å². The molecular weight excluding hydrogens is 544 g/mol. The maximum Gasteiger partial charge on any atom is 0.335 e. The summed E-state index contributed by atoms with van der Waals surface area (Å²) in [6, 6.07) is 25.1. The van der Waals surface area contributed by atoms with Gasteiger partial charge in [-0.3, -0.25) is 19.7 Å². The minimum absolute atomic E-state index is 0.00329. The fourth-order valence-electron chi connectivity index (χ4n) is 7.27. The molecular formula is C34H32N4O5. The number of hydrogen-bond acceptors (Lipinski definition) is 6. The summed E-state index contributed by atoms with van der Waals surface area (Å²) in [4.78, 5) is 57.8. The minimum atomic E-state index is -1.57. The Hall–Kier alpha value is -4.76. The largest absolute Gasteiger partial charge is 0.497 e. The van der Waals surface area contributed by atoms with Gasteiger partial charge in [-0.1, -0.05) is 48.5 Å². The van der Waals surface area contributed by atoms with Crippen LogP contribution in [0.15, 0.2) is 89.7 Å². The molecule has 0 saturated carbocycles. The first-order valence-electron chi connectivity index (χ1n) is 14.6. The van der Waals surface area contributed by atoms with Gasteiger partial charge in [0.25, 0.3) is 11.5 Å². The number of rotatable bonds is 6. The highest BCUT2D eigenvalue weighted by atomic mass is 16.5. The number of hydrogen-bond donors (Lipinski definition) is 1. The SMILES string of the molecule is COc1ccc(N2C(=O)NC(=O)C(Cc3cccc4ccccc34)(CN3CC4CC(C3)c3cccc(=O)n3C4)C2=O)cc1. The molecule has 9 heteroatoms. The van der Waals surface area contributed by atoms with Gasteiger partial charge < -0.3 is 14.2 Å². The lowest BCUT2D eigenvalue weighted by molar-refractivity contribution is -0.144. The predicted octanol–water partition coefficient (Wildman–Crippen LogP) is 3.94. The Morgan fingerprint density at radius 3 is 2.44 bits per heavy atom. The van der Waals surface area contributed by atoms with Crippen LogP contribution in [0.5, 0.6) is 5.75 Å². The molecule has 2 bridgehead atoms. The topological polar surface area (TPSA) is 101 Å². The summed E-state index contributed by atoms with van der Waals surface area (Å²) >= 11 is 0. The second-order valence-corrected chi connectivity index (χ2v) is 11.9. The maximum absolute atomic E-state index is 14.7. The Kier molecular flexibility index (Phi) is 6.62. The molecule has 2 saturated heterocycles. The summed E-state index contributed by atoms with van der Waals surface area (Å²) in [5.74, 6) is -0.232. The zero-order valence-corrected chi connectivity index (χ0v) is 23.9. The summed E-state index contributed by atoms with van der Waals surface area (Å²) in [6.07, 6.45) is 1.08. The fraction of sp³-hybridized carbons (Fsp3) is 0.294. The molecule has 3 atom stereocenters. The fourth-order valence-corrected chi connectivity index (χ4v) is 7.27. The van der Waals surface area contributed by atoms with Crippen molar-refractivity contribution in [1.29, 1.82) is 0 Å². The Balaban J connectivity index is 1.30. The van der Waals surface area contributed by atoms with Gasteiger partial charge in [0.05, 0.1) is 12.8 Å². The Labute approximate surface area is 248 Å². The van der Waals surface area contributed by atoms with Crippen molar-refractivity contribution in [2.45, 2.75) is 25.3 Å². The van der Waals surface area contributed by atoms with Crippen LogP contribution in [0.3, 0.4) is 0 Å². The second-order valence-electron chi connectivity index (χ2n) is 11.9. The van der Waals surface area contributed by atoms with Gasteiger partial charge in [-0.25, -0.2) is 9.69 Å². The summed E-state index contributed by atoms with van der Waals surface area (Å²) in [7, 11) is 1.55. The van der Waals surface area contributed by atoms with Crippen molar-refractivity contribution >= 4 is 34.3 Å². The Bertz CT molecular complexity index is 1810. The molecule has 3 unspecified atom stereocenters. The number of pyridine rings is 1. The summed E-state index contributed by atoms with van der Waals surface area (Å²) in [5.41, 5.74) is 0.649. The number of ether oxygens (including phenoxy) is 1. The molecule has 3 aliphatic rings. The normalized spacial score (nSPS) is 23.7. The highest BCUT2D eigenvalue weighted by Gasteiger charge is 2.56. The molecule has 9 nitrogen and oxygen atoms in total. The van der Waals surface area contributed by atoms with Crippen LogP contribution in [0, 0.1) is 11.3 Å². The van der Waals surface area contributed by atoms with E-state index in [2.05, 4.69) is 10.2 Å². The Morgan fingerprint density at radius 2 is 1.63 bits per heavy atom. The lowest BCUT2D eigenvalue weighted by Crippen LogP contribution is -2.68. The van der Waals surface area contributed by atoms with E-state index in [0.717, 1.165) is 33.4 Å². The van der Waals surface area contributed by atoms with E-state index in [-0.39, 0.29) is 30.4 Å². The summed E-state index contributed by atoms with van der Waals surface area (Å²) < 4.78 is 7.14. The summed E-state index contributed by atoms with van der Waals surface area (Å²) in [5, 5.41) is 4.50. The average molecular weight is 577 g/mol. The average Bonchev–Trinajstić information content (AvgIpc) is 3.01. The zero-order chi connectivity index (χ0) is 29.7. The number of nitrogens with one attached hydrogen (secondary N) is 1. The van der Waals surface area contributed by atoms with Crippen molar-refractivity contribution in [3.05, 3.63) is 107 Å². The quantitative estimate of drug-likeness (QED) is 0.349. The van der Waals surface area contributed by atoms with Crippen LogP contribution in [-0.2, 0) is 22.6 Å². The van der Waals surface area contributed by atoms with E-state index >= 15 is 0 Å². The second kappa shape index (κ2) is 10.5. The lowest BCUT2D eigenvalue weighted by atomic mass is 9.75. The van der Waals surface area contributed by atoms with Crippen LogP contribution >= 0.6 is 0 Å². The van der Waals surface area contributed by atoms with Gasteiger partial charge in [0, 0.05) is 43.9 Å². The van der Waals surface area contributed by atoms with Crippen molar-refractivity contribution in [3.63, 3.8) is 0 Å². The van der Waals surface area contributed by atoms with Crippen LogP contribution in [0.2, 0.25) is 0 Å². The van der Waals surface area contributed by atoms with Gasteiger partial charge in [0.2, 0.25) is 5.91 Å². The number of piperidine rings is 1. The lowest BCUT2D eigenvalue weighted by Gasteiger charge is -2.47. The number of likely N-dealkylation sites (tertiary alicyclic amines) is 1. The number of anilines is 1.